The van der Waals surface area contributed by atoms with E-state index in [1.54, 1.807) is 24.3 Å². The minimum atomic E-state index is -0.474. The summed E-state index contributed by atoms with van der Waals surface area (Å²) < 4.78 is 12.7. The summed E-state index contributed by atoms with van der Waals surface area (Å²) in [5, 5.41) is 0. The molecule has 0 spiro atoms. The number of ether oxygens (including phenoxy) is 2. The average Bonchev–Trinajstić information content (AvgIpc) is 3.14. The molecular weight excluding hydrogens is 804 g/mol. The van der Waals surface area contributed by atoms with Crippen molar-refractivity contribution in [3.05, 3.63) is 44.3 Å². The Labute approximate surface area is 346 Å². The fourth-order valence-electron chi connectivity index (χ4n) is 7.16. The van der Waals surface area contributed by atoms with Crippen LogP contribution in [0.5, 0.6) is 0 Å². The number of carbonyl (C=O) groups is 2. The minimum Gasteiger partial charge on any atom is -0.462 e. The lowest BCUT2D eigenvalue weighted by atomic mass is 9.94. The molecule has 2 aromatic carbocycles. The Morgan fingerprint density at radius 1 is 0.426 bits per heavy atom. The molecule has 0 radical (unpaired) electrons. The summed E-state index contributed by atoms with van der Waals surface area (Å²) in [6, 6.07) is 6.68. The predicted molar refractivity (Wildman–Crippen MR) is 237 cm³/mol. The molecule has 0 aliphatic rings. The molecular formula is C46H74Br2N2O4. The number of nitrogens with two attached hydrogens (primary N) is 2. The van der Waals surface area contributed by atoms with Crippen molar-refractivity contribution in [1.29, 1.82) is 0 Å². The van der Waals surface area contributed by atoms with Crippen LogP contribution in [0.1, 0.15) is 214 Å². The maximum atomic E-state index is 13.5. The van der Waals surface area contributed by atoms with Crippen LogP contribution in [0.4, 0.5) is 11.4 Å². The van der Waals surface area contributed by atoms with Crippen molar-refractivity contribution >= 4 is 55.2 Å². The van der Waals surface area contributed by atoms with Crippen molar-refractivity contribution in [3.8, 4) is 11.1 Å². The largest absolute Gasteiger partial charge is 0.462 e. The van der Waals surface area contributed by atoms with Gasteiger partial charge in [-0.15, -0.1) is 0 Å². The van der Waals surface area contributed by atoms with Crippen molar-refractivity contribution in [3.63, 3.8) is 0 Å². The van der Waals surface area contributed by atoms with Crippen molar-refractivity contribution in [2.45, 2.75) is 194 Å². The van der Waals surface area contributed by atoms with E-state index in [9.17, 15) is 9.59 Å². The van der Waals surface area contributed by atoms with Crippen LogP contribution in [0.3, 0.4) is 0 Å². The van der Waals surface area contributed by atoms with Crippen LogP contribution in [0, 0.1) is 0 Å². The molecule has 0 unspecified atom stereocenters. The molecule has 0 amide bonds. The Morgan fingerprint density at radius 3 is 0.926 bits per heavy atom. The summed E-state index contributed by atoms with van der Waals surface area (Å²) in [5.41, 5.74) is 14.9. The van der Waals surface area contributed by atoms with Crippen molar-refractivity contribution in [2.75, 3.05) is 24.7 Å². The second-order valence-corrected chi connectivity index (χ2v) is 17.0. The Kier molecular flexibility index (Phi) is 27.7. The molecule has 6 nitrogen and oxygen atoms in total. The van der Waals surface area contributed by atoms with Gasteiger partial charge in [-0.25, -0.2) is 9.59 Å². The molecule has 0 aliphatic heterocycles. The number of unbranched alkanes of at least 4 members (excludes halogenated alkanes) is 26. The molecule has 4 N–H and O–H groups in total. The van der Waals surface area contributed by atoms with E-state index in [2.05, 4.69) is 45.7 Å². The first-order valence-corrected chi connectivity index (χ1v) is 23.4. The topological polar surface area (TPSA) is 105 Å². The third-order valence-corrected chi connectivity index (χ3v) is 11.6. The molecule has 2 rings (SSSR count). The summed E-state index contributed by atoms with van der Waals surface area (Å²) in [6.07, 6.45) is 35.4. The lowest BCUT2D eigenvalue weighted by molar-refractivity contribution is 0.0486. The van der Waals surface area contributed by atoms with E-state index in [4.69, 9.17) is 20.9 Å². The number of halogens is 2. The molecule has 0 saturated heterocycles. The lowest BCUT2D eigenvalue weighted by Crippen LogP contribution is -2.13. The summed E-state index contributed by atoms with van der Waals surface area (Å²) in [7, 11) is 0. The zero-order valence-electron chi connectivity index (χ0n) is 34.1. The smallest absolute Gasteiger partial charge is 0.338 e. The van der Waals surface area contributed by atoms with Gasteiger partial charge in [-0.05, 0) is 37.1 Å². The highest BCUT2D eigenvalue weighted by atomic mass is 79.9. The number of esters is 2. The van der Waals surface area contributed by atoms with Gasteiger partial charge in [0.2, 0.25) is 0 Å². The van der Waals surface area contributed by atoms with E-state index < -0.39 is 11.9 Å². The Morgan fingerprint density at radius 2 is 0.667 bits per heavy atom. The van der Waals surface area contributed by atoms with Gasteiger partial charge in [0.15, 0.2) is 0 Å². The van der Waals surface area contributed by atoms with Crippen LogP contribution in [-0.4, -0.2) is 25.2 Å². The maximum Gasteiger partial charge on any atom is 0.338 e. The summed E-state index contributed by atoms with van der Waals surface area (Å²) in [6.45, 7) is 5.20. The van der Waals surface area contributed by atoms with Gasteiger partial charge in [-0.3, -0.25) is 0 Å². The number of benzene rings is 2. The van der Waals surface area contributed by atoms with E-state index in [-0.39, 0.29) is 0 Å². The fourth-order valence-corrected chi connectivity index (χ4v) is 8.52. The van der Waals surface area contributed by atoms with Crippen molar-refractivity contribution in [1.82, 2.24) is 0 Å². The molecule has 0 atom stereocenters. The van der Waals surface area contributed by atoms with Crippen molar-refractivity contribution in [2.24, 2.45) is 0 Å². The normalized spacial score (nSPS) is 11.3. The molecule has 306 valence electrons. The number of hydrogen-bond acceptors (Lipinski definition) is 6. The van der Waals surface area contributed by atoms with E-state index in [1.807, 2.05) is 0 Å². The van der Waals surface area contributed by atoms with E-state index in [0.717, 1.165) is 38.5 Å². The highest BCUT2D eigenvalue weighted by Gasteiger charge is 2.26. The molecule has 0 bridgehead atoms. The zero-order chi connectivity index (χ0) is 39.2. The zero-order valence-corrected chi connectivity index (χ0v) is 37.2. The summed E-state index contributed by atoms with van der Waals surface area (Å²) >= 11 is 7.24. The molecule has 0 fully saturated rings. The van der Waals surface area contributed by atoms with Crippen molar-refractivity contribution < 1.29 is 19.1 Å². The fraction of sp³-hybridized carbons (Fsp3) is 0.696. The monoisotopic (exact) mass is 876 g/mol. The molecule has 0 aromatic heterocycles. The highest BCUT2D eigenvalue weighted by Crippen LogP contribution is 2.42. The Hall–Kier alpha value is -2.06. The SMILES string of the molecule is CCCCCCCCCCCCCCCCOC(=O)c1cc(N)cc(Br)c1-c1c(Br)cc(N)cc1C(=O)OCCCCCCCCCCCCCCCC. The lowest BCUT2D eigenvalue weighted by Gasteiger charge is -2.18. The minimum absolute atomic E-state index is 0.290. The van der Waals surface area contributed by atoms with Crippen LogP contribution in [0.15, 0.2) is 33.2 Å². The van der Waals surface area contributed by atoms with Gasteiger partial charge in [0.1, 0.15) is 0 Å². The van der Waals surface area contributed by atoms with Gasteiger partial charge in [-0.1, -0.05) is 213 Å². The number of carbonyl (C=O) groups excluding carboxylic acids is 2. The molecule has 8 heteroatoms. The van der Waals surface area contributed by atoms with Crippen LogP contribution < -0.4 is 11.5 Å². The van der Waals surface area contributed by atoms with Gasteiger partial charge in [0.25, 0.3) is 0 Å². The van der Waals surface area contributed by atoms with Crippen LogP contribution in [0.2, 0.25) is 0 Å². The number of nitrogen functional groups attached to an aromatic ring is 2. The molecule has 2 aromatic rings. The van der Waals surface area contributed by atoms with E-state index in [1.165, 1.54) is 141 Å². The molecule has 54 heavy (non-hydrogen) atoms. The third-order valence-electron chi connectivity index (χ3n) is 10.4. The number of hydrogen-bond donors (Lipinski definition) is 2. The Bertz CT molecular complexity index is 1220. The number of rotatable bonds is 33. The first-order valence-electron chi connectivity index (χ1n) is 21.8. The standard InChI is InChI=1S/C46H74Br2N2O4/c1-3-5-7-9-11-13-15-17-19-21-23-25-27-29-31-53-45(51)39-33-37(49)35-41(47)43(39)44-40(34-38(50)36-42(44)48)46(52)54-32-30-28-26-24-22-20-18-16-14-12-10-8-6-4-2/h33-36H,3-32,49-50H2,1-2H3. The van der Waals surface area contributed by atoms with Gasteiger partial charge in [0, 0.05) is 31.4 Å². The molecule has 0 saturated carbocycles. The van der Waals surface area contributed by atoms with Gasteiger partial charge in [0.05, 0.1) is 24.3 Å². The van der Waals surface area contributed by atoms with Gasteiger partial charge in [-0.2, -0.15) is 0 Å². The first kappa shape index (κ1) is 48.1. The molecule has 0 aliphatic carbocycles. The van der Waals surface area contributed by atoms with E-state index >= 15 is 0 Å². The predicted octanol–water partition coefficient (Wildman–Crippen LogP) is 15.3. The Balaban J connectivity index is 1.80. The van der Waals surface area contributed by atoms with Crippen LogP contribution >= 0.6 is 31.9 Å². The van der Waals surface area contributed by atoms with Gasteiger partial charge < -0.3 is 20.9 Å². The highest BCUT2D eigenvalue weighted by molar-refractivity contribution is 9.11. The molecule has 0 heterocycles. The number of anilines is 2. The summed E-state index contributed by atoms with van der Waals surface area (Å²) in [5.74, 6) is -0.948. The third kappa shape index (κ3) is 20.7. The quantitative estimate of drug-likeness (QED) is 0.0420. The summed E-state index contributed by atoms with van der Waals surface area (Å²) in [4.78, 5) is 27.0. The van der Waals surface area contributed by atoms with Gasteiger partial charge >= 0.3 is 11.9 Å². The average molecular weight is 879 g/mol. The maximum absolute atomic E-state index is 13.5. The second kappa shape index (κ2) is 31.1. The van der Waals surface area contributed by atoms with Crippen LogP contribution in [0.25, 0.3) is 11.1 Å². The first-order chi connectivity index (χ1) is 26.3. The van der Waals surface area contributed by atoms with Crippen LogP contribution in [-0.2, 0) is 9.47 Å². The second-order valence-electron chi connectivity index (χ2n) is 15.3. The van der Waals surface area contributed by atoms with E-state index in [0.29, 0.717) is 55.8 Å².